The summed E-state index contributed by atoms with van der Waals surface area (Å²) in [6, 6.07) is 6.27. The SMILES string of the molecule is CC(C)(C)[Si](C)(C)OCc1ccc2c(c1)OCc1ncncc1-2. The molecule has 0 radical (unpaired) electrons. The summed E-state index contributed by atoms with van der Waals surface area (Å²) in [6.45, 7) is 12.4. The molecule has 2 aromatic rings. The Morgan fingerprint density at radius 1 is 1.22 bits per heavy atom. The maximum Gasteiger partial charge on any atom is 0.192 e. The van der Waals surface area contributed by atoms with Gasteiger partial charge in [-0.3, -0.25) is 0 Å². The van der Waals surface area contributed by atoms with Gasteiger partial charge in [-0.1, -0.05) is 32.9 Å². The number of ether oxygens (including phenoxy) is 1. The van der Waals surface area contributed by atoms with Gasteiger partial charge in [-0.05, 0) is 29.8 Å². The first-order valence-electron chi connectivity index (χ1n) is 7.97. The van der Waals surface area contributed by atoms with Crippen molar-refractivity contribution in [2.24, 2.45) is 0 Å². The van der Waals surface area contributed by atoms with E-state index in [2.05, 4.69) is 62.0 Å². The van der Waals surface area contributed by atoms with Crippen LogP contribution < -0.4 is 4.74 Å². The van der Waals surface area contributed by atoms with E-state index in [9.17, 15) is 0 Å². The fraction of sp³-hybridized carbons (Fsp3) is 0.444. The average molecular weight is 328 g/mol. The highest BCUT2D eigenvalue weighted by atomic mass is 28.4. The minimum Gasteiger partial charge on any atom is -0.487 e. The highest BCUT2D eigenvalue weighted by Crippen LogP contribution is 2.39. The summed E-state index contributed by atoms with van der Waals surface area (Å²) in [6.07, 6.45) is 3.42. The summed E-state index contributed by atoms with van der Waals surface area (Å²) in [4.78, 5) is 8.41. The molecule has 0 saturated carbocycles. The second-order valence-corrected chi connectivity index (χ2v) is 12.4. The van der Waals surface area contributed by atoms with Gasteiger partial charge in [0.1, 0.15) is 18.7 Å². The number of hydrogen-bond acceptors (Lipinski definition) is 4. The third-order valence-electron chi connectivity index (χ3n) is 4.90. The summed E-state index contributed by atoms with van der Waals surface area (Å²) in [5.74, 6) is 0.892. The highest BCUT2D eigenvalue weighted by molar-refractivity contribution is 6.74. The zero-order chi connectivity index (χ0) is 16.7. The van der Waals surface area contributed by atoms with Crippen LogP contribution in [-0.2, 0) is 17.6 Å². The first-order chi connectivity index (χ1) is 10.8. The van der Waals surface area contributed by atoms with Crippen molar-refractivity contribution in [2.75, 3.05) is 0 Å². The van der Waals surface area contributed by atoms with Gasteiger partial charge >= 0.3 is 0 Å². The van der Waals surface area contributed by atoms with E-state index in [0.29, 0.717) is 13.2 Å². The molecule has 3 rings (SSSR count). The zero-order valence-electron chi connectivity index (χ0n) is 14.5. The van der Waals surface area contributed by atoms with Gasteiger partial charge in [0.25, 0.3) is 0 Å². The zero-order valence-corrected chi connectivity index (χ0v) is 15.5. The van der Waals surface area contributed by atoms with E-state index >= 15 is 0 Å². The van der Waals surface area contributed by atoms with Crippen LogP contribution in [-0.4, -0.2) is 18.3 Å². The van der Waals surface area contributed by atoms with E-state index < -0.39 is 8.32 Å². The Labute approximate surface area is 139 Å². The van der Waals surface area contributed by atoms with Gasteiger partial charge in [-0.15, -0.1) is 0 Å². The summed E-state index contributed by atoms with van der Waals surface area (Å²) in [7, 11) is -1.74. The Bertz CT molecular complexity index is 723. The maximum atomic E-state index is 6.30. The average Bonchev–Trinajstić information content (AvgIpc) is 2.51. The van der Waals surface area contributed by atoms with Crippen LogP contribution in [0.3, 0.4) is 0 Å². The molecule has 0 amide bonds. The van der Waals surface area contributed by atoms with E-state index in [4.69, 9.17) is 9.16 Å². The van der Waals surface area contributed by atoms with Crippen molar-refractivity contribution in [1.29, 1.82) is 0 Å². The molecule has 0 saturated heterocycles. The van der Waals surface area contributed by atoms with Gasteiger partial charge in [-0.2, -0.15) is 0 Å². The van der Waals surface area contributed by atoms with Crippen LogP contribution in [0.5, 0.6) is 5.75 Å². The molecule has 0 bridgehead atoms. The molecule has 0 N–H and O–H groups in total. The Kier molecular flexibility index (Phi) is 4.02. The quantitative estimate of drug-likeness (QED) is 0.775. The van der Waals surface area contributed by atoms with Crippen molar-refractivity contribution in [1.82, 2.24) is 9.97 Å². The van der Waals surface area contributed by atoms with Crippen LogP contribution in [0.2, 0.25) is 18.1 Å². The van der Waals surface area contributed by atoms with E-state index in [-0.39, 0.29) is 5.04 Å². The van der Waals surface area contributed by atoms with Gasteiger partial charge in [0, 0.05) is 17.3 Å². The normalized spacial score (nSPS) is 14.0. The van der Waals surface area contributed by atoms with Crippen LogP contribution in [0.25, 0.3) is 11.1 Å². The number of fused-ring (bicyclic) bond motifs is 3. The van der Waals surface area contributed by atoms with Gasteiger partial charge in [0.15, 0.2) is 8.32 Å². The van der Waals surface area contributed by atoms with Gasteiger partial charge in [0.05, 0.1) is 12.3 Å². The van der Waals surface area contributed by atoms with E-state index in [1.54, 1.807) is 6.33 Å². The molecular weight excluding hydrogens is 304 g/mol. The summed E-state index contributed by atoms with van der Waals surface area (Å²) < 4.78 is 12.2. The van der Waals surface area contributed by atoms with Crippen LogP contribution >= 0.6 is 0 Å². The summed E-state index contributed by atoms with van der Waals surface area (Å²) >= 11 is 0. The molecule has 1 aliphatic rings. The Morgan fingerprint density at radius 3 is 2.74 bits per heavy atom. The lowest BCUT2D eigenvalue weighted by molar-refractivity contribution is 0.272. The molecule has 23 heavy (non-hydrogen) atoms. The van der Waals surface area contributed by atoms with Crippen LogP contribution in [0, 0.1) is 0 Å². The minimum absolute atomic E-state index is 0.216. The second-order valence-electron chi connectivity index (χ2n) is 7.55. The lowest BCUT2D eigenvalue weighted by Crippen LogP contribution is -2.40. The number of benzene rings is 1. The molecule has 1 aliphatic heterocycles. The van der Waals surface area contributed by atoms with Crippen molar-refractivity contribution < 1.29 is 9.16 Å². The first kappa shape index (κ1) is 16.1. The third kappa shape index (κ3) is 3.16. The monoisotopic (exact) mass is 328 g/mol. The third-order valence-corrected chi connectivity index (χ3v) is 9.38. The standard InChI is InChI=1S/C18H24N2O2Si/c1-18(2,3)23(4,5)22-10-13-6-7-14-15-9-19-12-20-16(15)11-21-17(14)8-13/h6-9,12H,10-11H2,1-5H3. The Morgan fingerprint density at radius 2 is 2.00 bits per heavy atom. The maximum absolute atomic E-state index is 6.30. The fourth-order valence-electron chi connectivity index (χ4n) is 2.32. The molecule has 122 valence electrons. The van der Waals surface area contributed by atoms with E-state index in [0.717, 1.165) is 28.1 Å². The fourth-order valence-corrected chi connectivity index (χ4v) is 3.28. The number of aromatic nitrogens is 2. The summed E-state index contributed by atoms with van der Waals surface area (Å²) in [5.41, 5.74) is 4.21. The molecule has 0 fully saturated rings. The Balaban J connectivity index is 1.81. The minimum atomic E-state index is -1.74. The number of rotatable bonds is 3. The first-order valence-corrected chi connectivity index (χ1v) is 10.9. The predicted molar refractivity (Wildman–Crippen MR) is 93.8 cm³/mol. The number of hydrogen-bond donors (Lipinski definition) is 0. The molecule has 2 heterocycles. The van der Waals surface area contributed by atoms with Crippen molar-refractivity contribution in [3.8, 4) is 16.9 Å². The molecule has 0 unspecified atom stereocenters. The van der Waals surface area contributed by atoms with Crippen molar-refractivity contribution >= 4 is 8.32 Å². The van der Waals surface area contributed by atoms with Gasteiger partial charge in [-0.25, -0.2) is 9.97 Å². The van der Waals surface area contributed by atoms with Crippen LogP contribution in [0.4, 0.5) is 0 Å². The van der Waals surface area contributed by atoms with Crippen molar-refractivity contribution in [2.45, 2.75) is 52.1 Å². The Hall–Kier alpha value is -1.72. The molecular formula is C18H24N2O2Si. The lowest BCUT2D eigenvalue weighted by atomic mass is 10.0. The largest absolute Gasteiger partial charge is 0.487 e. The van der Waals surface area contributed by atoms with Crippen molar-refractivity contribution in [3.63, 3.8) is 0 Å². The predicted octanol–water partition coefficient (Wildman–Crippen LogP) is 4.56. The van der Waals surface area contributed by atoms with Crippen LogP contribution in [0.1, 0.15) is 32.0 Å². The van der Waals surface area contributed by atoms with E-state index in [1.165, 1.54) is 0 Å². The molecule has 0 spiro atoms. The molecule has 0 aliphatic carbocycles. The lowest BCUT2D eigenvalue weighted by Gasteiger charge is -2.36. The number of nitrogens with zero attached hydrogens (tertiary/aromatic N) is 2. The smallest absolute Gasteiger partial charge is 0.192 e. The second kappa shape index (κ2) is 5.73. The molecule has 1 aromatic carbocycles. The summed E-state index contributed by atoms with van der Waals surface area (Å²) in [5, 5.41) is 0.216. The molecule has 5 heteroatoms. The molecule has 1 aromatic heterocycles. The molecule has 4 nitrogen and oxygen atoms in total. The van der Waals surface area contributed by atoms with Gasteiger partial charge in [0.2, 0.25) is 0 Å². The highest BCUT2D eigenvalue weighted by Gasteiger charge is 2.37. The molecule has 0 atom stereocenters. The topological polar surface area (TPSA) is 44.2 Å². The van der Waals surface area contributed by atoms with Crippen LogP contribution in [0.15, 0.2) is 30.7 Å². The van der Waals surface area contributed by atoms with Gasteiger partial charge < -0.3 is 9.16 Å². The van der Waals surface area contributed by atoms with E-state index in [1.807, 2.05) is 6.20 Å². The van der Waals surface area contributed by atoms with Crippen molar-refractivity contribution in [3.05, 3.63) is 42.0 Å².